The molecule has 1 aliphatic heterocycles. The van der Waals surface area contributed by atoms with Gasteiger partial charge in [-0.1, -0.05) is 0 Å². The summed E-state index contributed by atoms with van der Waals surface area (Å²) in [5.74, 6) is 0.707. The monoisotopic (exact) mass is 253 g/mol. The van der Waals surface area contributed by atoms with Gasteiger partial charge < -0.3 is 20.4 Å². The molecule has 0 spiro atoms. The van der Waals surface area contributed by atoms with Gasteiger partial charge in [0.05, 0.1) is 12.0 Å². The van der Waals surface area contributed by atoms with Gasteiger partial charge in [-0.25, -0.2) is 0 Å². The van der Waals surface area contributed by atoms with E-state index >= 15 is 0 Å². The fourth-order valence-corrected chi connectivity index (χ4v) is 2.10. The molecule has 2 heterocycles. The highest BCUT2D eigenvalue weighted by atomic mass is 16.5. The zero-order valence-electron chi connectivity index (χ0n) is 10.6. The molecule has 7 nitrogen and oxygen atoms in total. The number of nitrogens with zero attached hydrogens (tertiary/aromatic N) is 3. The summed E-state index contributed by atoms with van der Waals surface area (Å²) in [5, 5.41) is 10.6. The molecule has 1 aliphatic rings. The number of rotatable bonds is 4. The molecule has 0 saturated carbocycles. The van der Waals surface area contributed by atoms with Gasteiger partial charge in [-0.3, -0.25) is 4.79 Å². The Hall–Kier alpha value is -1.47. The van der Waals surface area contributed by atoms with Crippen LogP contribution in [0, 0.1) is 5.41 Å². The molecule has 100 valence electrons. The summed E-state index contributed by atoms with van der Waals surface area (Å²) < 4.78 is 7.06. The van der Waals surface area contributed by atoms with E-state index in [0.717, 1.165) is 5.82 Å². The normalized spacial score (nSPS) is 18.6. The van der Waals surface area contributed by atoms with Gasteiger partial charge in [0.15, 0.2) is 5.82 Å². The van der Waals surface area contributed by atoms with Crippen molar-refractivity contribution >= 4 is 5.91 Å². The lowest BCUT2D eigenvalue weighted by Crippen LogP contribution is -2.49. The summed E-state index contributed by atoms with van der Waals surface area (Å²) in [6.07, 6.45) is 2.96. The lowest BCUT2D eigenvalue weighted by molar-refractivity contribution is -0.136. The van der Waals surface area contributed by atoms with Crippen LogP contribution in [0.4, 0.5) is 0 Å². The third-order valence-electron chi connectivity index (χ3n) is 3.53. The minimum Gasteiger partial charge on any atom is -0.381 e. The average molecular weight is 253 g/mol. The maximum atomic E-state index is 12.3. The van der Waals surface area contributed by atoms with Crippen LogP contribution in [0.1, 0.15) is 18.7 Å². The Labute approximate surface area is 106 Å². The van der Waals surface area contributed by atoms with E-state index in [0.29, 0.717) is 39.1 Å². The number of amides is 1. The molecular formula is C11H19N5O2. The molecule has 2 rings (SSSR count). The highest BCUT2D eigenvalue weighted by Crippen LogP contribution is 2.29. The van der Waals surface area contributed by atoms with Crippen LogP contribution in [0.3, 0.4) is 0 Å². The number of carbonyl (C=O) groups excluding carboxylic acids is 1. The topological polar surface area (TPSA) is 95.1 Å². The number of nitrogens with one attached hydrogen (secondary N) is 1. The number of aryl methyl sites for hydroxylation is 1. The molecule has 7 heteroatoms. The first-order valence-corrected chi connectivity index (χ1v) is 6.07. The van der Waals surface area contributed by atoms with Crippen LogP contribution in [-0.4, -0.2) is 40.4 Å². The molecule has 3 N–H and O–H groups in total. The van der Waals surface area contributed by atoms with Gasteiger partial charge in [-0.2, -0.15) is 0 Å². The maximum absolute atomic E-state index is 12.3. The minimum atomic E-state index is -0.489. The van der Waals surface area contributed by atoms with Crippen molar-refractivity contribution in [3.8, 4) is 0 Å². The van der Waals surface area contributed by atoms with E-state index in [4.69, 9.17) is 10.5 Å². The summed E-state index contributed by atoms with van der Waals surface area (Å²) >= 11 is 0. The third-order valence-corrected chi connectivity index (χ3v) is 3.53. The summed E-state index contributed by atoms with van der Waals surface area (Å²) in [6, 6.07) is 0. The maximum Gasteiger partial charge on any atom is 0.228 e. The van der Waals surface area contributed by atoms with Crippen molar-refractivity contribution in [1.82, 2.24) is 20.1 Å². The second-order valence-electron chi connectivity index (χ2n) is 4.64. The minimum absolute atomic E-state index is 0.0173. The Morgan fingerprint density at radius 2 is 2.33 bits per heavy atom. The van der Waals surface area contributed by atoms with Crippen molar-refractivity contribution in [3.63, 3.8) is 0 Å². The summed E-state index contributed by atoms with van der Waals surface area (Å²) in [7, 11) is 1.84. The van der Waals surface area contributed by atoms with Crippen LogP contribution in [0.25, 0.3) is 0 Å². The van der Waals surface area contributed by atoms with Crippen LogP contribution >= 0.6 is 0 Å². The lowest BCUT2D eigenvalue weighted by Gasteiger charge is -2.34. The third kappa shape index (κ3) is 2.51. The Bertz CT molecular complexity index is 411. The van der Waals surface area contributed by atoms with Crippen LogP contribution in [-0.2, 0) is 23.1 Å². The van der Waals surface area contributed by atoms with Gasteiger partial charge >= 0.3 is 0 Å². The largest absolute Gasteiger partial charge is 0.381 e. The second kappa shape index (κ2) is 5.45. The quantitative estimate of drug-likeness (QED) is 0.731. The first kappa shape index (κ1) is 13.0. The van der Waals surface area contributed by atoms with Gasteiger partial charge in [0.25, 0.3) is 0 Å². The van der Waals surface area contributed by atoms with Crippen LogP contribution in [0.2, 0.25) is 0 Å². The highest BCUT2D eigenvalue weighted by Gasteiger charge is 2.38. The fourth-order valence-electron chi connectivity index (χ4n) is 2.10. The van der Waals surface area contributed by atoms with Crippen molar-refractivity contribution in [3.05, 3.63) is 12.2 Å². The van der Waals surface area contributed by atoms with Gasteiger partial charge in [0.2, 0.25) is 5.91 Å². The molecule has 1 aromatic heterocycles. The second-order valence-corrected chi connectivity index (χ2v) is 4.64. The molecule has 0 atom stereocenters. The number of aromatic nitrogens is 3. The standard InChI is InChI=1S/C11H19N5O2/c1-16-8-14-15-9(16)6-13-10(17)11(7-12)2-4-18-5-3-11/h8H,2-7,12H2,1H3,(H,13,17). The van der Waals surface area contributed by atoms with Crippen LogP contribution < -0.4 is 11.1 Å². The Morgan fingerprint density at radius 1 is 1.61 bits per heavy atom. The summed E-state index contributed by atoms with van der Waals surface area (Å²) in [5.41, 5.74) is 5.28. The zero-order chi connectivity index (χ0) is 13.0. The number of carbonyl (C=O) groups is 1. The Balaban J connectivity index is 1.96. The molecule has 0 aromatic carbocycles. The number of ether oxygens (including phenoxy) is 1. The summed E-state index contributed by atoms with van der Waals surface area (Å²) in [6.45, 7) is 1.90. The fraction of sp³-hybridized carbons (Fsp3) is 0.727. The first-order chi connectivity index (χ1) is 8.68. The van der Waals surface area contributed by atoms with E-state index in [1.54, 1.807) is 10.9 Å². The molecule has 0 unspecified atom stereocenters. The van der Waals surface area contributed by atoms with Gasteiger partial charge in [-0.15, -0.1) is 10.2 Å². The lowest BCUT2D eigenvalue weighted by atomic mass is 9.79. The van der Waals surface area contributed by atoms with Crippen molar-refractivity contribution in [2.24, 2.45) is 18.2 Å². The van der Waals surface area contributed by atoms with Gasteiger partial charge in [0.1, 0.15) is 6.33 Å². The van der Waals surface area contributed by atoms with E-state index < -0.39 is 5.41 Å². The van der Waals surface area contributed by atoms with E-state index in [9.17, 15) is 4.79 Å². The molecular weight excluding hydrogens is 234 g/mol. The van der Waals surface area contributed by atoms with Crippen molar-refractivity contribution < 1.29 is 9.53 Å². The van der Waals surface area contributed by atoms with Crippen molar-refractivity contribution in [2.45, 2.75) is 19.4 Å². The van der Waals surface area contributed by atoms with Crippen LogP contribution in [0.15, 0.2) is 6.33 Å². The molecule has 18 heavy (non-hydrogen) atoms. The Kier molecular flexibility index (Phi) is 3.93. The molecule has 0 bridgehead atoms. The highest BCUT2D eigenvalue weighted by molar-refractivity contribution is 5.82. The first-order valence-electron chi connectivity index (χ1n) is 6.07. The number of nitrogens with two attached hydrogens (primary N) is 1. The predicted molar refractivity (Wildman–Crippen MR) is 64.4 cm³/mol. The number of hydrogen-bond donors (Lipinski definition) is 2. The molecule has 1 amide bonds. The molecule has 1 aromatic rings. The average Bonchev–Trinajstić information content (AvgIpc) is 2.82. The van der Waals surface area contributed by atoms with E-state index in [1.807, 2.05) is 7.05 Å². The number of hydrogen-bond acceptors (Lipinski definition) is 5. The van der Waals surface area contributed by atoms with Gasteiger partial charge in [-0.05, 0) is 12.8 Å². The molecule has 0 aliphatic carbocycles. The van der Waals surface area contributed by atoms with E-state index in [-0.39, 0.29) is 5.91 Å². The molecule has 0 radical (unpaired) electrons. The zero-order valence-corrected chi connectivity index (χ0v) is 10.6. The van der Waals surface area contributed by atoms with E-state index in [1.165, 1.54) is 0 Å². The molecule has 1 fully saturated rings. The van der Waals surface area contributed by atoms with Crippen LogP contribution in [0.5, 0.6) is 0 Å². The van der Waals surface area contributed by atoms with E-state index in [2.05, 4.69) is 15.5 Å². The SMILES string of the molecule is Cn1cnnc1CNC(=O)C1(CN)CCOCC1. The molecule has 1 saturated heterocycles. The smallest absolute Gasteiger partial charge is 0.228 e. The van der Waals surface area contributed by atoms with Crippen molar-refractivity contribution in [2.75, 3.05) is 19.8 Å². The summed E-state index contributed by atoms with van der Waals surface area (Å²) in [4.78, 5) is 12.3. The predicted octanol–water partition coefficient (Wildman–Crippen LogP) is -0.813. The van der Waals surface area contributed by atoms with Gasteiger partial charge in [0, 0.05) is 26.8 Å². The van der Waals surface area contributed by atoms with Crippen molar-refractivity contribution in [1.29, 1.82) is 0 Å². The Morgan fingerprint density at radius 3 is 2.89 bits per heavy atom.